The van der Waals surface area contributed by atoms with E-state index >= 15 is 0 Å². The van der Waals surface area contributed by atoms with Crippen molar-refractivity contribution in [2.45, 2.75) is 25.7 Å². The number of quaternary nitrogens is 1. The van der Waals surface area contributed by atoms with Crippen LogP contribution in [-0.4, -0.2) is 17.6 Å². The Morgan fingerprint density at radius 2 is 2.00 bits per heavy atom. The average molecular weight is 132 g/mol. The fraction of sp³-hybridized carbons (Fsp3) is 0.833. The van der Waals surface area contributed by atoms with Crippen LogP contribution in [0, 0.1) is 0 Å². The number of carboxylic acid groups (broad SMARTS) is 1. The quantitative estimate of drug-likeness (QED) is 0.512. The number of hydrogen-bond donors (Lipinski definition) is 2. The summed E-state index contributed by atoms with van der Waals surface area (Å²) in [5.41, 5.74) is 3.65. The minimum absolute atomic E-state index is 0.306. The van der Waals surface area contributed by atoms with Crippen molar-refractivity contribution in [3.63, 3.8) is 0 Å². The maximum Gasteiger partial charge on any atom is 0.303 e. The third-order valence-corrected chi connectivity index (χ3v) is 1.14. The molecule has 0 saturated heterocycles. The summed E-state index contributed by atoms with van der Waals surface area (Å²) in [5.74, 6) is -0.695. The lowest BCUT2D eigenvalue weighted by molar-refractivity contribution is -0.368. The summed E-state index contributed by atoms with van der Waals surface area (Å²) in [5, 5.41) is 8.20. The third kappa shape index (κ3) is 7.43. The minimum Gasteiger partial charge on any atom is -0.481 e. The molecule has 0 atom stereocenters. The van der Waals surface area contributed by atoms with Crippen molar-refractivity contribution < 1.29 is 15.6 Å². The first-order valence-corrected chi connectivity index (χ1v) is 3.28. The molecule has 4 N–H and O–H groups in total. The molecule has 0 saturated carbocycles. The van der Waals surface area contributed by atoms with Crippen LogP contribution in [0.25, 0.3) is 0 Å². The number of rotatable bonds is 5. The highest BCUT2D eigenvalue weighted by atomic mass is 16.4. The van der Waals surface area contributed by atoms with Crippen molar-refractivity contribution in [1.82, 2.24) is 0 Å². The van der Waals surface area contributed by atoms with Crippen molar-refractivity contribution in [2.75, 3.05) is 6.54 Å². The first-order valence-electron chi connectivity index (χ1n) is 3.28. The van der Waals surface area contributed by atoms with Gasteiger partial charge in [0.25, 0.3) is 0 Å². The van der Waals surface area contributed by atoms with Gasteiger partial charge < -0.3 is 10.8 Å². The minimum atomic E-state index is -0.695. The lowest BCUT2D eigenvalue weighted by atomic mass is 10.2. The highest BCUT2D eigenvalue weighted by molar-refractivity contribution is 5.66. The molecule has 0 heterocycles. The van der Waals surface area contributed by atoms with Gasteiger partial charge in [-0.05, 0) is 19.3 Å². The Morgan fingerprint density at radius 1 is 1.33 bits per heavy atom. The molecule has 0 fully saturated rings. The molecule has 0 aliphatic carbocycles. The van der Waals surface area contributed by atoms with E-state index in [0.29, 0.717) is 6.42 Å². The monoisotopic (exact) mass is 132 g/mol. The van der Waals surface area contributed by atoms with E-state index in [2.05, 4.69) is 5.73 Å². The molecule has 9 heavy (non-hydrogen) atoms. The Morgan fingerprint density at radius 3 is 2.44 bits per heavy atom. The molecule has 0 aromatic rings. The molecule has 0 spiro atoms. The van der Waals surface area contributed by atoms with Crippen LogP contribution in [0.2, 0.25) is 0 Å². The van der Waals surface area contributed by atoms with Gasteiger partial charge >= 0.3 is 5.97 Å². The third-order valence-electron chi connectivity index (χ3n) is 1.14. The predicted octanol–water partition coefficient (Wildman–Crippen LogP) is -0.127. The zero-order valence-corrected chi connectivity index (χ0v) is 5.60. The van der Waals surface area contributed by atoms with Crippen LogP contribution < -0.4 is 5.73 Å². The lowest BCUT2D eigenvalue weighted by Crippen LogP contribution is -2.50. The van der Waals surface area contributed by atoms with E-state index in [1.54, 1.807) is 0 Å². The molecular weight excluding hydrogens is 118 g/mol. The molecule has 0 aromatic heterocycles. The molecule has 0 unspecified atom stereocenters. The summed E-state index contributed by atoms with van der Waals surface area (Å²) in [7, 11) is 0. The van der Waals surface area contributed by atoms with Crippen molar-refractivity contribution in [3.05, 3.63) is 0 Å². The highest BCUT2D eigenvalue weighted by Gasteiger charge is 1.94. The van der Waals surface area contributed by atoms with E-state index in [1.807, 2.05) is 0 Å². The zero-order chi connectivity index (χ0) is 7.11. The molecular formula is C6H14NO2+. The molecule has 3 heteroatoms. The maximum atomic E-state index is 9.95. The topological polar surface area (TPSA) is 64.9 Å². The summed E-state index contributed by atoms with van der Waals surface area (Å²) >= 11 is 0. The van der Waals surface area contributed by atoms with Gasteiger partial charge in [0.05, 0.1) is 6.54 Å². The van der Waals surface area contributed by atoms with Crippen LogP contribution in [0.5, 0.6) is 0 Å². The number of unbranched alkanes of at least 4 members (excludes halogenated alkanes) is 2. The molecule has 0 aliphatic rings. The van der Waals surface area contributed by atoms with Crippen LogP contribution in [0.4, 0.5) is 0 Å². The van der Waals surface area contributed by atoms with Gasteiger partial charge in [0, 0.05) is 6.42 Å². The number of hydrogen-bond acceptors (Lipinski definition) is 1. The normalized spacial score (nSPS) is 9.44. The summed E-state index contributed by atoms with van der Waals surface area (Å²) in [6.45, 7) is 0.916. The number of carbonyl (C=O) groups is 1. The molecule has 0 bridgehead atoms. The van der Waals surface area contributed by atoms with Gasteiger partial charge in [-0.2, -0.15) is 0 Å². The van der Waals surface area contributed by atoms with Crippen molar-refractivity contribution in [1.29, 1.82) is 0 Å². The largest absolute Gasteiger partial charge is 0.481 e. The lowest BCUT2D eigenvalue weighted by Gasteiger charge is -1.91. The predicted molar refractivity (Wildman–Crippen MR) is 33.9 cm³/mol. The Balaban J connectivity index is 2.83. The van der Waals surface area contributed by atoms with E-state index in [4.69, 9.17) is 5.11 Å². The van der Waals surface area contributed by atoms with Crippen LogP contribution in [0.15, 0.2) is 0 Å². The molecule has 54 valence electrons. The summed E-state index contributed by atoms with van der Waals surface area (Å²) in [6.07, 6.45) is 3.15. The van der Waals surface area contributed by atoms with E-state index in [1.165, 1.54) is 0 Å². The van der Waals surface area contributed by atoms with Gasteiger partial charge in [0.15, 0.2) is 0 Å². The second-order valence-electron chi connectivity index (χ2n) is 2.06. The SMILES string of the molecule is [NH3+]CCCCCC(=O)O. The average Bonchev–Trinajstić information content (AvgIpc) is 1.80. The Kier molecular flexibility index (Phi) is 5.21. The smallest absolute Gasteiger partial charge is 0.303 e. The van der Waals surface area contributed by atoms with E-state index in [0.717, 1.165) is 25.8 Å². The first-order chi connectivity index (χ1) is 4.27. The van der Waals surface area contributed by atoms with Crippen molar-refractivity contribution in [2.24, 2.45) is 0 Å². The van der Waals surface area contributed by atoms with Gasteiger partial charge in [-0.15, -0.1) is 0 Å². The van der Waals surface area contributed by atoms with Crippen LogP contribution in [0.1, 0.15) is 25.7 Å². The number of aliphatic carboxylic acids is 1. The summed E-state index contributed by atoms with van der Waals surface area (Å²) < 4.78 is 0. The van der Waals surface area contributed by atoms with Gasteiger partial charge in [0.1, 0.15) is 0 Å². The van der Waals surface area contributed by atoms with E-state index < -0.39 is 5.97 Å². The zero-order valence-electron chi connectivity index (χ0n) is 5.60. The fourth-order valence-corrected chi connectivity index (χ4v) is 0.630. The molecule has 0 rings (SSSR count). The van der Waals surface area contributed by atoms with Gasteiger partial charge in [-0.25, -0.2) is 0 Å². The van der Waals surface area contributed by atoms with Crippen molar-refractivity contribution >= 4 is 5.97 Å². The van der Waals surface area contributed by atoms with E-state index in [9.17, 15) is 4.79 Å². The second kappa shape index (κ2) is 5.56. The molecule has 0 amide bonds. The van der Waals surface area contributed by atoms with Crippen LogP contribution in [-0.2, 0) is 4.79 Å². The Bertz CT molecular complexity index is 83.1. The molecule has 0 aromatic carbocycles. The first kappa shape index (κ1) is 8.43. The summed E-state index contributed by atoms with van der Waals surface area (Å²) in [6, 6.07) is 0. The molecule has 3 nitrogen and oxygen atoms in total. The fourth-order valence-electron chi connectivity index (χ4n) is 0.630. The van der Waals surface area contributed by atoms with Gasteiger partial charge in [0.2, 0.25) is 0 Å². The Hall–Kier alpha value is -0.570. The van der Waals surface area contributed by atoms with Gasteiger partial charge in [-0.1, -0.05) is 0 Å². The van der Waals surface area contributed by atoms with Crippen LogP contribution in [0.3, 0.4) is 0 Å². The maximum absolute atomic E-state index is 9.95. The molecule has 0 radical (unpaired) electrons. The number of carboxylic acids is 1. The standard InChI is InChI=1S/C6H13NO2/c7-5-3-1-2-4-6(8)9/h1-5,7H2,(H,8,9)/p+1. The van der Waals surface area contributed by atoms with Gasteiger partial charge in [-0.3, -0.25) is 4.79 Å². The van der Waals surface area contributed by atoms with E-state index in [-0.39, 0.29) is 0 Å². The highest BCUT2D eigenvalue weighted by Crippen LogP contribution is 1.96. The Labute approximate surface area is 54.9 Å². The second-order valence-corrected chi connectivity index (χ2v) is 2.06. The molecule has 0 aliphatic heterocycles. The van der Waals surface area contributed by atoms with Crippen molar-refractivity contribution in [3.8, 4) is 0 Å². The van der Waals surface area contributed by atoms with Crippen LogP contribution >= 0.6 is 0 Å². The summed E-state index contributed by atoms with van der Waals surface area (Å²) in [4.78, 5) is 9.95.